The SMILES string of the molecule is CCCCCC(CC)COc1ccc(-c2nc(-c3ccc(OC)cc3)nc(-c3ccc(OCC(CC)CCCC)cc3O)n2)c(O)c1. The molecule has 0 aliphatic carbocycles. The van der Waals surface area contributed by atoms with E-state index >= 15 is 0 Å². The molecule has 252 valence electrons. The summed E-state index contributed by atoms with van der Waals surface area (Å²) in [6.07, 6.45) is 10.3. The Morgan fingerprint density at radius 2 is 1.04 bits per heavy atom. The van der Waals surface area contributed by atoms with Crippen LogP contribution in [0.4, 0.5) is 0 Å². The van der Waals surface area contributed by atoms with Crippen molar-refractivity contribution >= 4 is 0 Å². The van der Waals surface area contributed by atoms with Crippen LogP contribution in [0.15, 0.2) is 60.7 Å². The van der Waals surface area contributed by atoms with Gasteiger partial charge in [-0.3, -0.25) is 0 Å². The molecule has 0 bridgehead atoms. The van der Waals surface area contributed by atoms with Crippen LogP contribution in [0.2, 0.25) is 0 Å². The lowest BCUT2D eigenvalue weighted by Gasteiger charge is -2.17. The minimum Gasteiger partial charge on any atom is -0.507 e. The molecule has 0 saturated heterocycles. The number of aromatic nitrogens is 3. The van der Waals surface area contributed by atoms with Gasteiger partial charge in [-0.15, -0.1) is 0 Å². The molecular weight excluding hydrogens is 590 g/mol. The first-order valence-electron chi connectivity index (χ1n) is 17.2. The summed E-state index contributed by atoms with van der Waals surface area (Å²) in [4.78, 5) is 14.2. The van der Waals surface area contributed by atoms with Gasteiger partial charge in [0.2, 0.25) is 0 Å². The van der Waals surface area contributed by atoms with Gasteiger partial charge in [-0.1, -0.05) is 72.6 Å². The fourth-order valence-electron chi connectivity index (χ4n) is 5.48. The van der Waals surface area contributed by atoms with E-state index in [4.69, 9.17) is 29.2 Å². The molecule has 1 heterocycles. The number of aromatic hydroxyl groups is 2. The summed E-state index contributed by atoms with van der Waals surface area (Å²) in [7, 11) is 1.61. The zero-order valence-corrected chi connectivity index (χ0v) is 28.7. The maximum absolute atomic E-state index is 11.1. The maximum atomic E-state index is 11.1. The Hall–Kier alpha value is -4.33. The van der Waals surface area contributed by atoms with Gasteiger partial charge in [0.15, 0.2) is 17.5 Å². The molecule has 4 rings (SSSR count). The molecule has 4 aromatic rings. The minimum absolute atomic E-state index is 0.000627. The lowest BCUT2D eigenvalue weighted by Crippen LogP contribution is -2.11. The Kier molecular flexibility index (Phi) is 13.7. The van der Waals surface area contributed by atoms with Crippen LogP contribution in [0, 0.1) is 11.8 Å². The standard InChI is InChI=1S/C39H51N3O5/c1-6-10-12-14-28(9-4)26-47-32-20-22-34(36(44)24-32)39-41-37(29-15-17-30(45-5)18-16-29)40-38(42-39)33-21-19-31(23-35(33)43)46-25-27(8-3)13-11-7-2/h15-24,27-28,43-44H,6-14,25-26H2,1-5H3. The first-order chi connectivity index (χ1) is 22.9. The molecule has 0 radical (unpaired) electrons. The van der Waals surface area contributed by atoms with Gasteiger partial charge in [-0.05, 0) is 73.2 Å². The molecule has 2 atom stereocenters. The second-order valence-corrected chi connectivity index (χ2v) is 12.2. The van der Waals surface area contributed by atoms with E-state index in [1.807, 2.05) is 36.4 Å². The first kappa shape index (κ1) is 35.5. The highest BCUT2D eigenvalue weighted by Crippen LogP contribution is 2.36. The summed E-state index contributed by atoms with van der Waals surface area (Å²) in [5, 5.41) is 22.3. The number of phenols is 2. The van der Waals surface area contributed by atoms with Gasteiger partial charge in [-0.25, -0.2) is 15.0 Å². The van der Waals surface area contributed by atoms with E-state index < -0.39 is 0 Å². The smallest absolute Gasteiger partial charge is 0.167 e. The largest absolute Gasteiger partial charge is 0.507 e. The average Bonchev–Trinajstić information content (AvgIpc) is 3.09. The minimum atomic E-state index is -0.000627. The molecule has 47 heavy (non-hydrogen) atoms. The third kappa shape index (κ3) is 10.1. The van der Waals surface area contributed by atoms with E-state index in [0.717, 1.165) is 37.7 Å². The fourth-order valence-corrected chi connectivity index (χ4v) is 5.48. The summed E-state index contributed by atoms with van der Waals surface area (Å²) >= 11 is 0. The zero-order valence-electron chi connectivity index (χ0n) is 28.7. The number of hydrogen-bond donors (Lipinski definition) is 2. The molecule has 0 aliphatic rings. The zero-order chi connectivity index (χ0) is 33.6. The summed E-state index contributed by atoms with van der Waals surface area (Å²) in [5.41, 5.74) is 1.60. The van der Waals surface area contributed by atoms with Crippen LogP contribution in [0.5, 0.6) is 28.7 Å². The van der Waals surface area contributed by atoms with Crippen molar-refractivity contribution in [3.05, 3.63) is 60.7 Å². The van der Waals surface area contributed by atoms with Crippen molar-refractivity contribution < 1.29 is 24.4 Å². The lowest BCUT2D eigenvalue weighted by atomic mass is 10.00. The highest BCUT2D eigenvalue weighted by Gasteiger charge is 2.18. The van der Waals surface area contributed by atoms with Gasteiger partial charge >= 0.3 is 0 Å². The Morgan fingerprint density at radius 1 is 0.574 bits per heavy atom. The van der Waals surface area contributed by atoms with Crippen molar-refractivity contribution in [2.24, 2.45) is 11.8 Å². The van der Waals surface area contributed by atoms with Gasteiger partial charge in [0, 0.05) is 17.7 Å². The van der Waals surface area contributed by atoms with Crippen LogP contribution < -0.4 is 14.2 Å². The predicted octanol–water partition coefficient (Wildman–Crippen LogP) is 9.87. The van der Waals surface area contributed by atoms with Gasteiger partial charge in [0.25, 0.3) is 0 Å². The number of rotatable bonds is 19. The normalized spacial score (nSPS) is 12.4. The fraction of sp³-hybridized carbons (Fsp3) is 0.462. The number of hydrogen-bond acceptors (Lipinski definition) is 8. The van der Waals surface area contributed by atoms with E-state index in [2.05, 4.69) is 27.7 Å². The second-order valence-electron chi connectivity index (χ2n) is 12.2. The van der Waals surface area contributed by atoms with Crippen molar-refractivity contribution in [2.45, 2.75) is 85.5 Å². The Bertz CT molecular complexity index is 1540. The topological polar surface area (TPSA) is 107 Å². The van der Waals surface area contributed by atoms with Crippen molar-refractivity contribution in [3.63, 3.8) is 0 Å². The van der Waals surface area contributed by atoms with Crippen molar-refractivity contribution in [2.75, 3.05) is 20.3 Å². The van der Waals surface area contributed by atoms with E-state index in [0.29, 0.717) is 59.2 Å². The Labute approximate surface area is 280 Å². The number of methoxy groups -OCH3 is 1. The highest BCUT2D eigenvalue weighted by atomic mass is 16.5. The van der Waals surface area contributed by atoms with E-state index in [-0.39, 0.29) is 23.1 Å². The van der Waals surface area contributed by atoms with Crippen molar-refractivity contribution in [1.82, 2.24) is 15.0 Å². The molecular formula is C39H51N3O5. The Balaban J connectivity index is 1.63. The van der Waals surface area contributed by atoms with E-state index in [1.165, 1.54) is 25.7 Å². The molecule has 0 fully saturated rings. The molecule has 0 amide bonds. The average molecular weight is 642 g/mol. The quantitative estimate of drug-likeness (QED) is 0.0975. The maximum Gasteiger partial charge on any atom is 0.167 e. The second kappa shape index (κ2) is 18.1. The molecule has 0 aliphatic heterocycles. The van der Waals surface area contributed by atoms with E-state index in [1.54, 1.807) is 31.4 Å². The first-order valence-corrected chi connectivity index (χ1v) is 17.2. The van der Waals surface area contributed by atoms with Crippen LogP contribution >= 0.6 is 0 Å². The van der Waals surface area contributed by atoms with Crippen LogP contribution in [0.3, 0.4) is 0 Å². The van der Waals surface area contributed by atoms with Crippen LogP contribution in [-0.4, -0.2) is 45.5 Å². The molecule has 1 aromatic heterocycles. The van der Waals surface area contributed by atoms with E-state index in [9.17, 15) is 10.2 Å². The molecule has 0 spiro atoms. The number of nitrogens with zero attached hydrogens (tertiary/aromatic N) is 3. The molecule has 2 unspecified atom stereocenters. The predicted molar refractivity (Wildman–Crippen MR) is 188 cm³/mol. The Morgan fingerprint density at radius 3 is 1.49 bits per heavy atom. The summed E-state index contributed by atoms with van der Waals surface area (Å²) in [6.45, 7) is 9.98. The summed E-state index contributed by atoms with van der Waals surface area (Å²) in [6, 6.07) is 17.8. The lowest BCUT2D eigenvalue weighted by molar-refractivity contribution is 0.232. The van der Waals surface area contributed by atoms with Gasteiger partial charge in [-0.2, -0.15) is 0 Å². The molecule has 0 saturated carbocycles. The van der Waals surface area contributed by atoms with Crippen LogP contribution in [0.25, 0.3) is 34.2 Å². The van der Waals surface area contributed by atoms with Gasteiger partial charge in [0.05, 0.1) is 31.5 Å². The molecule has 8 nitrogen and oxygen atoms in total. The summed E-state index contributed by atoms with van der Waals surface area (Å²) in [5.74, 6) is 3.78. The van der Waals surface area contributed by atoms with Gasteiger partial charge < -0.3 is 24.4 Å². The van der Waals surface area contributed by atoms with Crippen LogP contribution in [-0.2, 0) is 0 Å². The van der Waals surface area contributed by atoms with Crippen molar-refractivity contribution in [1.29, 1.82) is 0 Å². The van der Waals surface area contributed by atoms with Crippen LogP contribution in [0.1, 0.15) is 85.5 Å². The number of ether oxygens (including phenoxy) is 3. The number of benzene rings is 3. The monoisotopic (exact) mass is 641 g/mol. The highest BCUT2D eigenvalue weighted by molar-refractivity contribution is 5.72. The molecule has 2 N–H and O–H groups in total. The number of unbranched alkanes of at least 4 members (excludes halogenated alkanes) is 3. The molecule has 3 aromatic carbocycles. The summed E-state index contributed by atoms with van der Waals surface area (Å²) < 4.78 is 17.5. The third-order valence-electron chi connectivity index (χ3n) is 8.71. The molecule has 8 heteroatoms. The number of phenolic OH excluding ortho intramolecular Hbond substituents is 2. The third-order valence-corrected chi connectivity index (χ3v) is 8.71. The van der Waals surface area contributed by atoms with Gasteiger partial charge in [0.1, 0.15) is 28.7 Å². The van der Waals surface area contributed by atoms with Crippen molar-refractivity contribution in [3.8, 4) is 62.9 Å².